The van der Waals surface area contributed by atoms with Crippen molar-refractivity contribution in [2.45, 2.75) is 50.0 Å². The van der Waals surface area contributed by atoms with E-state index in [0.29, 0.717) is 19.6 Å². The number of rotatable bonds is 3. The van der Waals surface area contributed by atoms with Crippen LogP contribution in [0.3, 0.4) is 0 Å². The zero-order chi connectivity index (χ0) is 13.7. The smallest absolute Gasteiger partial charge is 0.426 e. The number of hydrogen-bond donors (Lipinski definition) is 3. The van der Waals surface area contributed by atoms with Crippen LogP contribution in [0.2, 0.25) is 0 Å². The van der Waals surface area contributed by atoms with Gasteiger partial charge in [-0.15, -0.1) is 0 Å². The first-order chi connectivity index (χ1) is 9.09. The number of ether oxygens (including phenoxy) is 1. The Hall–Kier alpha value is -0.625. The average Bonchev–Trinajstić information content (AvgIpc) is 2.55. The third-order valence-electron chi connectivity index (χ3n) is 3.87. The number of hydrogen-bond acceptors (Lipinski definition) is 5. The summed E-state index contributed by atoms with van der Waals surface area (Å²) in [6, 6.07) is 0. The summed E-state index contributed by atoms with van der Waals surface area (Å²) in [4.78, 5) is 12.0. The number of nitrogens with two attached hydrogens (primary N) is 1. The zero-order valence-electron chi connectivity index (χ0n) is 11.3. The first kappa shape index (κ1) is 14.8. The maximum atomic E-state index is 12.0. The molecule has 0 aromatic rings. The highest BCUT2D eigenvalue weighted by Gasteiger charge is 2.34. The molecular formula is C12H23BN2O4. The highest BCUT2D eigenvalue weighted by atomic mass is 16.6. The molecule has 1 unspecified atom stereocenters. The van der Waals surface area contributed by atoms with E-state index < -0.39 is 13.1 Å². The van der Waals surface area contributed by atoms with Gasteiger partial charge < -0.3 is 25.5 Å². The van der Waals surface area contributed by atoms with Crippen LogP contribution >= 0.6 is 0 Å². The van der Waals surface area contributed by atoms with Gasteiger partial charge in [-0.2, -0.15) is 0 Å². The SMILES string of the molecule is NC1(CC(=O)NC2COCCOB2O)CCCCC1. The van der Waals surface area contributed by atoms with E-state index in [2.05, 4.69) is 5.32 Å². The number of carbonyl (C=O) groups is 1. The molecule has 0 aromatic heterocycles. The maximum absolute atomic E-state index is 12.0. The second kappa shape index (κ2) is 6.70. The van der Waals surface area contributed by atoms with Crippen molar-refractivity contribution in [2.24, 2.45) is 5.73 Å². The molecule has 1 saturated heterocycles. The van der Waals surface area contributed by atoms with Crippen LogP contribution < -0.4 is 11.1 Å². The van der Waals surface area contributed by atoms with Crippen LogP contribution in [0.1, 0.15) is 38.5 Å². The molecule has 6 nitrogen and oxygen atoms in total. The van der Waals surface area contributed by atoms with E-state index in [4.69, 9.17) is 15.1 Å². The normalized spacial score (nSPS) is 27.7. The lowest BCUT2D eigenvalue weighted by Crippen LogP contribution is -2.53. The predicted octanol–water partition coefficient (Wildman–Crippen LogP) is -0.411. The van der Waals surface area contributed by atoms with Crippen molar-refractivity contribution in [2.75, 3.05) is 19.8 Å². The Kier molecular flexibility index (Phi) is 5.21. The minimum absolute atomic E-state index is 0.137. The molecule has 4 N–H and O–H groups in total. The minimum Gasteiger partial charge on any atom is -0.426 e. The topological polar surface area (TPSA) is 93.8 Å². The van der Waals surface area contributed by atoms with Crippen LogP contribution in [-0.4, -0.2) is 49.4 Å². The van der Waals surface area contributed by atoms with Crippen molar-refractivity contribution < 1.29 is 19.2 Å². The van der Waals surface area contributed by atoms with Gasteiger partial charge in [0.1, 0.15) is 0 Å². The summed E-state index contributed by atoms with van der Waals surface area (Å²) in [6.07, 6.45) is 5.45. The Morgan fingerprint density at radius 2 is 2.11 bits per heavy atom. The molecule has 2 rings (SSSR count). The fourth-order valence-corrected chi connectivity index (χ4v) is 2.76. The van der Waals surface area contributed by atoms with Crippen molar-refractivity contribution in [3.05, 3.63) is 0 Å². The van der Waals surface area contributed by atoms with Crippen molar-refractivity contribution in [3.8, 4) is 0 Å². The molecule has 0 aromatic carbocycles. The quantitative estimate of drug-likeness (QED) is 0.606. The first-order valence-corrected chi connectivity index (χ1v) is 7.05. The number of nitrogens with one attached hydrogen (secondary N) is 1. The molecule has 108 valence electrons. The molecule has 1 heterocycles. The molecule has 2 aliphatic rings. The molecule has 1 saturated carbocycles. The summed E-state index contributed by atoms with van der Waals surface area (Å²) in [5.41, 5.74) is 5.86. The van der Waals surface area contributed by atoms with E-state index in [1.807, 2.05) is 0 Å². The largest absolute Gasteiger partial charge is 0.480 e. The van der Waals surface area contributed by atoms with Crippen molar-refractivity contribution in [1.29, 1.82) is 0 Å². The second-order valence-electron chi connectivity index (χ2n) is 5.61. The Labute approximate surface area is 114 Å². The van der Waals surface area contributed by atoms with Crippen LogP contribution in [0.5, 0.6) is 0 Å². The molecule has 1 aliphatic carbocycles. The second-order valence-corrected chi connectivity index (χ2v) is 5.61. The van der Waals surface area contributed by atoms with Crippen LogP contribution in [0.4, 0.5) is 0 Å². The summed E-state index contributed by atoms with van der Waals surface area (Å²) < 4.78 is 10.4. The molecule has 1 aliphatic heterocycles. The minimum atomic E-state index is -1.01. The molecule has 0 bridgehead atoms. The lowest BCUT2D eigenvalue weighted by atomic mass is 9.77. The molecular weight excluding hydrogens is 247 g/mol. The summed E-state index contributed by atoms with van der Waals surface area (Å²) in [5, 5.41) is 12.5. The summed E-state index contributed by atoms with van der Waals surface area (Å²) in [7, 11) is -1.01. The Morgan fingerprint density at radius 3 is 2.84 bits per heavy atom. The highest BCUT2D eigenvalue weighted by molar-refractivity contribution is 6.45. The van der Waals surface area contributed by atoms with Crippen LogP contribution in [0.25, 0.3) is 0 Å². The summed E-state index contributed by atoms with van der Waals surface area (Å²) in [6.45, 7) is 1.04. The highest BCUT2D eigenvalue weighted by Crippen LogP contribution is 2.28. The van der Waals surface area contributed by atoms with Crippen LogP contribution in [0.15, 0.2) is 0 Å². The Bertz CT molecular complexity index is 310. The van der Waals surface area contributed by atoms with Crippen LogP contribution in [-0.2, 0) is 14.2 Å². The summed E-state index contributed by atoms with van der Waals surface area (Å²) in [5.74, 6) is -0.648. The van der Waals surface area contributed by atoms with Gasteiger partial charge in [0.15, 0.2) is 0 Å². The monoisotopic (exact) mass is 270 g/mol. The molecule has 0 radical (unpaired) electrons. The van der Waals surface area contributed by atoms with Gasteiger partial charge in [0, 0.05) is 12.0 Å². The average molecular weight is 270 g/mol. The van der Waals surface area contributed by atoms with Crippen molar-refractivity contribution in [1.82, 2.24) is 5.32 Å². The molecule has 0 spiro atoms. The number of carbonyl (C=O) groups excluding carboxylic acids is 1. The fourth-order valence-electron chi connectivity index (χ4n) is 2.76. The predicted molar refractivity (Wildman–Crippen MR) is 71.3 cm³/mol. The molecule has 19 heavy (non-hydrogen) atoms. The Balaban J connectivity index is 1.82. The first-order valence-electron chi connectivity index (χ1n) is 7.05. The van der Waals surface area contributed by atoms with Gasteiger partial charge in [-0.3, -0.25) is 4.79 Å². The molecule has 1 atom stereocenters. The lowest BCUT2D eigenvalue weighted by Gasteiger charge is -2.33. The standard InChI is InChI=1S/C12H23BN2O4/c14-12(4-2-1-3-5-12)8-11(16)15-10-9-18-6-7-19-13(10)17/h10,17H,1-9,14H2,(H,15,16). The van der Waals surface area contributed by atoms with E-state index >= 15 is 0 Å². The van der Waals surface area contributed by atoms with Crippen molar-refractivity contribution >= 4 is 13.0 Å². The lowest BCUT2D eigenvalue weighted by molar-refractivity contribution is -0.123. The van der Waals surface area contributed by atoms with E-state index in [0.717, 1.165) is 25.7 Å². The maximum Gasteiger partial charge on any atom is 0.480 e. The van der Waals surface area contributed by atoms with Crippen molar-refractivity contribution in [3.63, 3.8) is 0 Å². The van der Waals surface area contributed by atoms with E-state index in [-0.39, 0.29) is 18.1 Å². The molecule has 7 heteroatoms. The summed E-state index contributed by atoms with van der Waals surface area (Å²) >= 11 is 0. The van der Waals surface area contributed by atoms with Gasteiger partial charge in [-0.1, -0.05) is 19.3 Å². The van der Waals surface area contributed by atoms with Crippen LogP contribution in [0, 0.1) is 0 Å². The Morgan fingerprint density at radius 1 is 1.37 bits per heavy atom. The number of amides is 1. The van der Waals surface area contributed by atoms with Gasteiger partial charge in [-0.05, 0) is 12.8 Å². The zero-order valence-corrected chi connectivity index (χ0v) is 11.3. The molecule has 2 fully saturated rings. The van der Waals surface area contributed by atoms with Gasteiger partial charge in [-0.25, -0.2) is 0 Å². The molecule has 1 amide bonds. The van der Waals surface area contributed by atoms with E-state index in [1.54, 1.807) is 0 Å². The van der Waals surface area contributed by atoms with Gasteiger partial charge in [0.25, 0.3) is 0 Å². The van der Waals surface area contributed by atoms with Gasteiger partial charge in [0.2, 0.25) is 5.91 Å². The van der Waals surface area contributed by atoms with E-state index in [9.17, 15) is 9.82 Å². The fraction of sp³-hybridized carbons (Fsp3) is 0.917. The van der Waals surface area contributed by atoms with Gasteiger partial charge >= 0.3 is 7.12 Å². The van der Waals surface area contributed by atoms with E-state index in [1.165, 1.54) is 6.42 Å². The third kappa shape index (κ3) is 4.45. The van der Waals surface area contributed by atoms with Gasteiger partial charge in [0.05, 0.1) is 25.8 Å². The third-order valence-corrected chi connectivity index (χ3v) is 3.87.